The van der Waals surface area contributed by atoms with Crippen molar-refractivity contribution in [2.45, 2.75) is 6.42 Å². The number of rotatable bonds is 8. The first-order valence-corrected chi connectivity index (χ1v) is 10.3. The smallest absolute Gasteiger partial charge is 0.260 e. The number of nitrogens with zero attached hydrogens (tertiary/aromatic N) is 2. The van der Waals surface area contributed by atoms with Crippen molar-refractivity contribution in [3.05, 3.63) is 64.9 Å². The standard InChI is InChI=1S/C22H25ClFN3O3/c23-18-3-1-17(2-4-18)9-10-25-21(28)15-26-11-13-27(14-12-26)22(29)16-30-20-7-5-19(24)6-8-20/h1-8H,9-16H2,(H,25,28). The summed E-state index contributed by atoms with van der Waals surface area (Å²) in [4.78, 5) is 28.2. The van der Waals surface area contributed by atoms with Crippen LogP contribution in [-0.4, -0.2) is 67.5 Å². The van der Waals surface area contributed by atoms with Gasteiger partial charge in [-0.1, -0.05) is 23.7 Å². The average Bonchev–Trinajstić information content (AvgIpc) is 2.75. The zero-order chi connectivity index (χ0) is 21.3. The minimum absolute atomic E-state index is 0.0246. The van der Waals surface area contributed by atoms with Crippen molar-refractivity contribution >= 4 is 23.4 Å². The van der Waals surface area contributed by atoms with Gasteiger partial charge in [0.1, 0.15) is 11.6 Å². The van der Waals surface area contributed by atoms with Crippen molar-refractivity contribution < 1.29 is 18.7 Å². The second-order valence-electron chi connectivity index (χ2n) is 7.13. The third-order valence-electron chi connectivity index (χ3n) is 4.92. The van der Waals surface area contributed by atoms with E-state index in [4.69, 9.17) is 16.3 Å². The normalized spacial score (nSPS) is 14.4. The van der Waals surface area contributed by atoms with Gasteiger partial charge >= 0.3 is 0 Å². The number of carbonyl (C=O) groups is 2. The van der Waals surface area contributed by atoms with E-state index in [1.807, 2.05) is 29.2 Å². The lowest BCUT2D eigenvalue weighted by atomic mass is 10.1. The van der Waals surface area contributed by atoms with Gasteiger partial charge in [-0.25, -0.2) is 4.39 Å². The molecule has 0 atom stereocenters. The van der Waals surface area contributed by atoms with E-state index in [0.29, 0.717) is 50.0 Å². The number of carbonyl (C=O) groups excluding carboxylic acids is 2. The van der Waals surface area contributed by atoms with Crippen LogP contribution >= 0.6 is 11.6 Å². The molecule has 8 heteroatoms. The van der Waals surface area contributed by atoms with Crippen molar-refractivity contribution in [2.24, 2.45) is 0 Å². The highest BCUT2D eigenvalue weighted by atomic mass is 35.5. The molecule has 1 saturated heterocycles. The molecule has 0 spiro atoms. The molecule has 3 rings (SSSR count). The Bertz CT molecular complexity index is 838. The third kappa shape index (κ3) is 7.00. The highest BCUT2D eigenvalue weighted by Gasteiger charge is 2.22. The molecule has 2 amide bonds. The van der Waals surface area contributed by atoms with E-state index in [-0.39, 0.29) is 24.2 Å². The summed E-state index contributed by atoms with van der Waals surface area (Å²) in [5.41, 5.74) is 1.12. The van der Waals surface area contributed by atoms with Gasteiger partial charge in [-0.05, 0) is 48.4 Å². The first-order valence-electron chi connectivity index (χ1n) is 9.89. The summed E-state index contributed by atoms with van der Waals surface area (Å²) in [5.74, 6) is -0.0350. The number of hydrogen-bond acceptors (Lipinski definition) is 4. The van der Waals surface area contributed by atoms with Crippen LogP contribution in [0.25, 0.3) is 0 Å². The van der Waals surface area contributed by atoms with E-state index in [2.05, 4.69) is 5.32 Å². The summed E-state index contributed by atoms with van der Waals surface area (Å²) in [6, 6.07) is 13.1. The van der Waals surface area contributed by atoms with Gasteiger partial charge in [0, 0.05) is 37.7 Å². The van der Waals surface area contributed by atoms with Crippen molar-refractivity contribution in [2.75, 3.05) is 45.9 Å². The molecule has 1 aliphatic heterocycles. The van der Waals surface area contributed by atoms with Crippen molar-refractivity contribution in [1.29, 1.82) is 0 Å². The van der Waals surface area contributed by atoms with Gasteiger partial charge in [0.25, 0.3) is 5.91 Å². The second kappa shape index (κ2) is 10.9. The molecule has 0 bridgehead atoms. The Balaban J connectivity index is 1.31. The molecule has 0 saturated carbocycles. The van der Waals surface area contributed by atoms with E-state index in [1.165, 1.54) is 24.3 Å². The van der Waals surface area contributed by atoms with Crippen LogP contribution in [0.15, 0.2) is 48.5 Å². The maximum atomic E-state index is 12.9. The zero-order valence-electron chi connectivity index (χ0n) is 16.7. The average molecular weight is 434 g/mol. The van der Waals surface area contributed by atoms with Gasteiger partial charge < -0.3 is 15.0 Å². The fraction of sp³-hybridized carbons (Fsp3) is 0.364. The lowest BCUT2D eigenvalue weighted by molar-refractivity contribution is -0.135. The summed E-state index contributed by atoms with van der Waals surface area (Å²) in [7, 11) is 0. The summed E-state index contributed by atoms with van der Waals surface area (Å²) >= 11 is 5.87. The summed E-state index contributed by atoms with van der Waals surface area (Å²) < 4.78 is 18.3. The summed E-state index contributed by atoms with van der Waals surface area (Å²) in [5, 5.41) is 3.63. The summed E-state index contributed by atoms with van der Waals surface area (Å²) in [6.45, 7) is 3.15. The SMILES string of the molecule is O=C(CN1CCN(C(=O)COc2ccc(F)cc2)CC1)NCCc1ccc(Cl)cc1. The monoisotopic (exact) mass is 433 g/mol. The number of ether oxygens (including phenoxy) is 1. The molecule has 0 radical (unpaired) electrons. The van der Waals surface area contributed by atoms with E-state index in [0.717, 1.165) is 12.0 Å². The predicted molar refractivity (Wildman–Crippen MR) is 113 cm³/mol. The largest absolute Gasteiger partial charge is 0.484 e. The van der Waals surface area contributed by atoms with Crippen molar-refractivity contribution in [3.8, 4) is 5.75 Å². The Morgan fingerprint density at radius 3 is 2.33 bits per heavy atom. The van der Waals surface area contributed by atoms with Crippen LogP contribution in [-0.2, 0) is 16.0 Å². The topological polar surface area (TPSA) is 61.9 Å². The van der Waals surface area contributed by atoms with E-state index >= 15 is 0 Å². The van der Waals surface area contributed by atoms with Gasteiger partial charge in [-0.2, -0.15) is 0 Å². The first-order chi connectivity index (χ1) is 14.5. The second-order valence-corrected chi connectivity index (χ2v) is 7.56. The molecule has 1 aliphatic rings. The summed E-state index contributed by atoms with van der Waals surface area (Å²) in [6.07, 6.45) is 0.749. The van der Waals surface area contributed by atoms with Crippen LogP contribution in [0, 0.1) is 5.82 Å². The van der Waals surface area contributed by atoms with Gasteiger partial charge in [0.2, 0.25) is 5.91 Å². The van der Waals surface area contributed by atoms with Gasteiger partial charge in [-0.15, -0.1) is 0 Å². The molecule has 2 aromatic rings. The molecule has 160 valence electrons. The molecular weight excluding hydrogens is 409 g/mol. The van der Waals surface area contributed by atoms with Gasteiger partial charge in [0.05, 0.1) is 6.54 Å². The predicted octanol–water partition coefficient (Wildman–Crippen LogP) is 2.36. The molecule has 2 aromatic carbocycles. The van der Waals surface area contributed by atoms with Crippen LogP contribution in [0.3, 0.4) is 0 Å². The molecule has 6 nitrogen and oxygen atoms in total. The van der Waals surface area contributed by atoms with Crippen LogP contribution in [0.2, 0.25) is 5.02 Å². The fourth-order valence-corrected chi connectivity index (χ4v) is 3.30. The Morgan fingerprint density at radius 2 is 1.67 bits per heavy atom. The lowest BCUT2D eigenvalue weighted by Gasteiger charge is -2.34. The van der Waals surface area contributed by atoms with Gasteiger partial charge in [0.15, 0.2) is 6.61 Å². The maximum absolute atomic E-state index is 12.9. The number of piperazine rings is 1. The van der Waals surface area contributed by atoms with Gasteiger partial charge in [-0.3, -0.25) is 14.5 Å². The molecule has 0 aliphatic carbocycles. The Hall–Kier alpha value is -2.64. The maximum Gasteiger partial charge on any atom is 0.260 e. The number of halogens is 2. The fourth-order valence-electron chi connectivity index (χ4n) is 3.18. The van der Waals surface area contributed by atoms with E-state index < -0.39 is 0 Å². The van der Waals surface area contributed by atoms with Crippen LogP contribution in [0.4, 0.5) is 4.39 Å². The Morgan fingerprint density at radius 1 is 1.00 bits per heavy atom. The molecule has 1 N–H and O–H groups in total. The van der Waals surface area contributed by atoms with Crippen LogP contribution < -0.4 is 10.1 Å². The highest BCUT2D eigenvalue weighted by molar-refractivity contribution is 6.30. The first kappa shape index (κ1) is 22.1. The minimum Gasteiger partial charge on any atom is -0.484 e. The molecule has 1 fully saturated rings. The third-order valence-corrected chi connectivity index (χ3v) is 5.17. The number of nitrogens with one attached hydrogen (secondary N) is 1. The molecular formula is C22H25ClFN3O3. The minimum atomic E-state index is -0.348. The number of amides is 2. The van der Waals surface area contributed by atoms with Crippen molar-refractivity contribution in [3.63, 3.8) is 0 Å². The number of hydrogen-bond donors (Lipinski definition) is 1. The van der Waals surface area contributed by atoms with Crippen LogP contribution in [0.5, 0.6) is 5.75 Å². The number of benzene rings is 2. The quantitative estimate of drug-likeness (QED) is 0.694. The van der Waals surface area contributed by atoms with E-state index in [9.17, 15) is 14.0 Å². The Kier molecular flexibility index (Phi) is 8.04. The van der Waals surface area contributed by atoms with E-state index in [1.54, 1.807) is 4.90 Å². The zero-order valence-corrected chi connectivity index (χ0v) is 17.4. The van der Waals surface area contributed by atoms with Crippen LogP contribution in [0.1, 0.15) is 5.56 Å². The molecule has 1 heterocycles. The molecule has 0 aromatic heterocycles. The van der Waals surface area contributed by atoms with Crippen molar-refractivity contribution in [1.82, 2.24) is 15.1 Å². The molecule has 0 unspecified atom stereocenters. The molecule has 30 heavy (non-hydrogen) atoms. The lowest BCUT2D eigenvalue weighted by Crippen LogP contribution is -2.52. The highest BCUT2D eigenvalue weighted by Crippen LogP contribution is 2.12. The Labute approximate surface area is 180 Å².